The first-order valence-electron chi connectivity index (χ1n) is 9.18. The molecule has 0 amide bonds. The van der Waals surface area contributed by atoms with Crippen molar-refractivity contribution < 1.29 is 4.74 Å². The molecule has 0 radical (unpaired) electrons. The maximum absolute atomic E-state index is 5.52. The van der Waals surface area contributed by atoms with Gasteiger partial charge in [0.1, 0.15) is 0 Å². The van der Waals surface area contributed by atoms with Crippen LogP contribution in [0.25, 0.3) is 0 Å². The van der Waals surface area contributed by atoms with Gasteiger partial charge in [0.05, 0.1) is 0 Å². The van der Waals surface area contributed by atoms with E-state index in [9.17, 15) is 0 Å². The zero-order valence-electron chi connectivity index (χ0n) is 14.7. The van der Waals surface area contributed by atoms with E-state index in [1.807, 2.05) is 0 Å². The molecule has 4 heteroatoms. The molecule has 2 heterocycles. The SMILES string of the molecule is CCC[CH2][Sn]([CH2]CCC)([CH2]CCC)[c]1cnc2c(n1)COC2. The van der Waals surface area contributed by atoms with Gasteiger partial charge < -0.3 is 0 Å². The van der Waals surface area contributed by atoms with Crippen molar-refractivity contribution in [2.24, 2.45) is 0 Å². The molecule has 1 aromatic heterocycles. The molecule has 1 aliphatic heterocycles. The van der Waals surface area contributed by atoms with E-state index in [1.54, 1.807) is 0 Å². The third-order valence-corrected chi connectivity index (χ3v) is 20.0. The molecular weight excluding hydrogens is 379 g/mol. The van der Waals surface area contributed by atoms with E-state index in [-0.39, 0.29) is 0 Å². The normalized spacial score (nSPS) is 14.3. The van der Waals surface area contributed by atoms with Gasteiger partial charge in [0.15, 0.2) is 0 Å². The first kappa shape index (κ1) is 18.2. The molecular formula is C18H32N2OSn. The molecule has 0 aliphatic carbocycles. The van der Waals surface area contributed by atoms with Gasteiger partial charge in [-0.2, -0.15) is 0 Å². The molecule has 1 aromatic rings. The number of unbranched alkanes of at least 4 members (excludes halogenated alkanes) is 3. The first-order valence-corrected chi connectivity index (χ1v) is 16.7. The van der Waals surface area contributed by atoms with Crippen molar-refractivity contribution in [2.45, 2.75) is 85.8 Å². The predicted molar refractivity (Wildman–Crippen MR) is 95.1 cm³/mol. The van der Waals surface area contributed by atoms with Gasteiger partial charge in [-0.3, -0.25) is 0 Å². The van der Waals surface area contributed by atoms with Crippen LogP contribution in [0.5, 0.6) is 0 Å². The summed E-state index contributed by atoms with van der Waals surface area (Å²) in [6.45, 7) is 8.28. The zero-order valence-corrected chi connectivity index (χ0v) is 17.5. The van der Waals surface area contributed by atoms with Gasteiger partial charge >= 0.3 is 140 Å². The van der Waals surface area contributed by atoms with E-state index in [0.717, 1.165) is 11.4 Å². The van der Waals surface area contributed by atoms with Gasteiger partial charge in [-0.15, -0.1) is 0 Å². The summed E-state index contributed by atoms with van der Waals surface area (Å²) < 4.78 is 11.3. The number of ether oxygens (including phenoxy) is 1. The average molecular weight is 411 g/mol. The molecule has 0 bridgehead atoms. The molecule has 0 N–H and O–H groups in total. The Morgan fingerprint density at radius 3 is 2.00 bits per heavy atom. The van der Waals surface area contributed by atoms with Gasteiger partial charge in [-0.1, -0.05) is 0 Å². The van der Waals surface area contributed by atoms with Crippen molar-refractivity contribution in [1.29, 1.82) is 0 Å². The van der Waals surface area contributed by atoms with Crippen LogP contribution in [0.15, 0.2) is 6.20 Å². The fraction of sp³-hybridized carbons (Fsp3) is 0.778. The minimum atomic E-state index is -2.40. The van der Waals surface area contributed by atoms with E-state index in [0.29, 0.717) is 13.2 Å². The second kappa shape index (κ2) is 9.21. The third kappa shape index (κ3) is 4.44. The molecule has 0 saturated heterocycles. The Kier molecular flexibility index (Phi) is 7.61. The Morgan fingerprint density at radius 1 is 0.909 bits per heavy atom. The van der Waals surface area contributed by atoms with E-state index >= 15 is 0 Å². The molecule has 0 aromatic carbocycles. The second-order valence-electron chi connectivity index (χ2n) is 6.73. The molecule has 2 rings (SSSR count). The Bertz CT molecular complexity index is 443. The molecule has 0 unspecified atom stereocenters. The Labute approximate surface area is 140 Å². The van der Waals surface area contributed by atoms with Crippen LogP contribution < -0.4 is 3.71 Å². The summed E-state index contributed by atoms with van der Waals surface area (Å²) in [6, 6.07) is 0. The summed E-state index contributed by atoms with van der Waals surface area (Å²) in [5.41, 5.74) is 2.20. The minimum absolute atomic E-state index is 0.657. The van der Waals surface area contributed by atoms with Crippen LogP contribution in [0.3, 0.4) is 0 Å². The Hall–Kier alpha value is -0.161. The fourth-order valence-corrected chi connectivity index (χ4v) is 18.7. The number of aromatic nitrogens is 2. The van der Waals surface area contributed by atoms with Crippen LogP contribution in [0, 0.1) is 0 Å². The number of hydrogen-bond donors (Lipinski definition) is 0. The van der Waals surface area contributed by atoms with Crippen LogP contribution >= 0.6 is 0 Å². The summed E-state index contributed by atoms with van der Waals surface area (Å²) >= 11 is -2.40. The summed E-state index contributed by atoms with van der Waals surface area (Å²) in [5, 5.41) is 0. The van der Waals surface area contributed by atoms with Crippen LogP contribution in [-0.4, -0.2) is 28.3 Å². The molecule has 3 nitrogen and oxygen atoms in total. The molecule has 0 spiro atoms. The second-order valence-corrected chi connectivity index (χ2v) is 19.8. The van der Waals surface area contributed by atoms with Gasteiger partial charge in [0.2, 0.25) is 0 Å². The van der Waals surface area contributed by atoms with Gasteiger partial charge in [-0.05, 0) is 0 Å². The molecule has 0 atom stereocenters. The van der Waals surface area contributed by atoms with Gasteiger partial charge in [0.25, 0.3) is 0 Å². The summed E-state index contributed by atoms with van der Waals surface area (Å²) in [7, 11) is 0. The predicted octanol–water partition coefficient (Wildman–Crippen LogP) is 4.56. The monoisotopic (exact) mass is 412 g/mol. The Morgan fingerprint density at radius 2 is 1.45 bits per heavy atom. The molecule has 0 fully saturated rings. The van der Waals surface area contributed by atoms with E-state index < -0.39 is 18.4 Å². The van der Waals surface area contributed by atoms with E-state index in [1.165, 1.54) is 55.5 Å². The van der Waals surface area contributed by atoms with Crippen LogP contribution in [-0.2, 0) is 18.0 Å². The van der Waals surface area contributed by atoms with E-state index in [2.05, 4.69) is 27.0 Å². The molecule has 0 saturated carbocycles. The van der Waals surface area contributed by atoms with Gasteiger partial charge in [-0.25, -0.2) is 0 Å². The van der Waals surface area contributed by atoms with Crippen molar-refractivity contribution in [3.8, 4) is 0 Å². The van der Waals surface area contributed by atoms with Crippen LogP contribution in [0.4, 0.5) is 0 Å². The number of rotatable bonds is 10. The summed E-state index contributed by atoms with van der Waals surface area (Å²) in [5.74, 6) is 0. The number of nitrogens with zero attached hydrogens (tertiary/aromatic N) is 2. The number of hydrogen-bond acceptors (Lipinski definition) is 3. The molecule has 1 aliphatic rings. The van der Waals surface area contributed by atoms with Crippen LogP contribution in [0.1, 0.15) is 70.7 Å². The van der Waals surface area contributed by atoms with Gasteiger partial charge in [0, 0.05) is 0 Å². The van der Waals surface area contributed by atoms with E-state index in [4.69, 9.17) is 14.7 Å². The van der Waals surface area contributed by atoms with Crippen molar-refractivity contribution in [1.82, 2.24) is 9.97 Å². The standard InChI is InChI=1S/C6H5N2O.3C4H9.Sn/c1-2-8-6-4-9-3-5(6)7-1;3*1-3-4-2;/h1H,3-4H2;3*1,3-4H2,2H3;. The van der Waals surface area contributed by atoms with Crippen molar-refractivity contribution in [3.05, 3.63) is 17.6 Å². The number of fused-ring (bicyclic) bond motifs is 1. The summed E-state index contributed by atoms with van der Waals surface area (Å²) in [4.78, 5) is 9.80. The fourth-order valence-electron chi connectivity index (χ4n) is 3.49. The zero-order chi connectivity index (χ0) is 15.8. The van der Waals surface area contributed by atoms with Crippen molar-refractivity contribution in [3.63, 3.8) is 0 Å². The maximum atomic E-state index is 5.52. The van der Waals surface area contributed by atoms with Crippen molar-refractivity contribution in [2.75, 3.05) is 0 Å². The average Bonchev–Trinajstić information content (AvgIpc) is 3.02. The molecule has 22 heavy (non-hydrogen) atoms. The first-order chi connectivity index (χ1) is 10.8. The Balaban J connectivity index is 2.30. The molecule has 124 valence electrons. The third-order valence-electron chi connectivity index (χ3n) is 4.98. The van der Waals surface area contributed by atoms with Crippen LogP contribution in [0.2, 0.25) is 13.3 Å². The topological polar surface area (TPSA) is 35.0 Å². The summed E-state index contributed by atoms with van der Waals surface area (Å²) in [6.07, 6.45) is 10.2. The quantitative estimate of drug-likeness (QED) is 0.530. The van der Waals surface area contributed by atoms with Crippen molar-refractivity contribution >= 4 is 22.1 Å².